The number of nitrogens with two attached hydrogens (primary N) is 1. The molecule has 2 N–H and O–H groups in total. The smallest absolute Gasteiger partial charge is 0.239 e. The molecule has 1 aliphatic rings. The third-order valence-corrected chi connectivity index (χ3v) is 4.52. The summed E-state index contributed by atoms with van der Waals surface area (Å²) in [7, 11) is 0. The highest BCUT2D eigenvalue weighted by Gasteiger charge is 2.30. The molecule has 6 heteroatoms. The van der Waals surface area contributed by atoms with Crippen LogP contribution < -0.4 is 5.73 Å². The minimum Gasteiger partial charge on any atom is -0.379 e. The zero-order chi connectivity index (χ0) is 13.7. The van der Waals surface area contributed by atoms with Crippen LogP contribution in [0.15, 0.2) is 4.52 Å². The molecule has 1 fully saturated rings. The van der Waals surface area contributed by atoms with E-state index in [1.165, 1.54) is 18.6 Å². The van der Waals surface area contributed by atoms with E-state index in [2.05, 4.69) is 17.1 Å². The largest absolute Gasteiger partial charge is 0.379 e. The maximum Gasteiger partial charge on any atom is 0.239 e. The van der Waals surface area contributed by atoms with Gasteiger partial charge in [-0.2, -0.15) is 4.98 Å². The molecule has 2 unspecified atom stereocenters. The Morgan fingerprint density at radius 2 is 2.37 bits per heavy atom. The first-order valence-corrected chi connectivity index (χ1v) is 8.00. The molecule has 2 rings (SSSR count). The topological polar surface area (TPSA) is 74.2 Å². The van der Waals surface area contributed by atoms with E-state index < -0.39 is 5.54 Å². The molecule has 0 saturated carbocycles. The minimum atomic E-state index is -0.684. The predicted molar refractivity (Wildman–Crippen MR) is 76.0 cm³/mol. The Morgan fingerprint density at radius 3 is 3.05 bits per heavy atom. The molecule has 19 heavy (non-hydrogen) atoms. The first kappa shape index (κ1) is 14.8. The molecule has 1 aromatic heterocycles. The Bertz CT molecular complexity index is 389. The Morgan fingerprint density at radius 1 is 1.53 bits per heavy atom. The van der Waals surface area contributed by atoms with E-state index >= 15 is 0 Å². The molecule has 0 amide bonds. The minimum absolute atomic E-state index is 0.336. The van der Waals surface area contributed by atoms with Gasteiger partial charge in [0, 0.05) is 6.61 Å². The van der Waals surface area contributed by atoms with Gasteiger partial charge in [0.2, 0.25) is 5.89 Å². The van der Waals surface area contributed by atoms with E-state index in [1.807, 2.05) is 18.7 Å². The summed E-state index contributed by atoms with van der Waals surface area (Å²) in [6.45, 7) is 5.07. The predicted octanol–water partition coefficient (Wildman–Crippen LogP) is 2.63. The summed E-state index contributed by atoms with van der Waals surface area (Å²) < 4.78 is 10.9. The SMILES string of the molecule is CCCOCC(C)(N)c1noc(C2CCCCS2)n1. The zero-order valence-corrected chi connectivity index (χ0v) is 12.5. The molecule has 1 saturated heterocycles. The van der Waals surface area contributed by atoms with Crippen molar-refractivity contribution < 1.29 is 9.26 Å². The highest BCUT2D eigenvalue weighted by molar-refractivity contribution is 7.99. The zero-order valence-electron chi connectivity index (χ0n) is 11.7. The van der Waals surface area contributed by atoms with Gasteiger partial charge in [0.15, 0.2) is 5.82 Å². The Hall–Kier alpha value is -0.590. The standard InChI is InChI=1S/C13H23N3O2S/c1-3-7-17-9-13(2,14)12-15-11(18-16-12)10-6-4-5-8-19-10/h10H,3-9,14H2,1-2H3. The Kier molecular flexibility index (Phi) is 5.24. The Balaban J connectivity index is 1.98. The van der Waals surface area contributed by atoms with Crippen molar-refractivity contribution in [2.75, 3.05) is 19.0 Å². The van der Waals surface area contributed by atoms with Crippen LogP contribution in [0.25, 0.3) is 0 Å². The van der Waals surface area contributed by atoms with Gasteiger partial charge in [-0.25, -0.2) is 0 Å². The number of ether oxygens (including phenoxy) is 1. The molecule has 1 aromatic rings. The van der Waals surface area contributed by atoms with Gasteiger partial charge in [-0.05, 0) is 31.9 Å². The van der Waals surface area contributed by atoms with Gasteiger partial charge in [-0.3, -0.25) is 0 Å². The molecule has 5 nitrogen and oxygen atoms in total. The van der Waals surface area contributed by atoms with Crippen LogP contribution in [0.5, 0.6) is 0 Å². The molecule has 108 valence electrons. The lowest BCUT2D eigenvalue weighted by Crippen LogP contribution is -2.39. The highest BCUT2D eigenvalue weighted by Crippen LogP contribution is 2.37. The maximum atomic E-state index is 6.20. The summed E-state index contributed by atoms with van der Waals surface area (Å²) in [6.07, 6.45) is 4.60. The molecule has 0 aliphatic carbocycles. The van der Waals surface area contributed by atoms with Crippen LogP contribution in [0.2, 0.25) is 0 Å². The van der Waals surface area contributed by atoms with Crippen molar-refractivity contribution in [3.63, 3.8) is 0 Å². The number of rotatable bonds is 6. The lowest BCUT2D eigenvalue weighted by atomic mass is 10.1. The second-order valence-electron chi connectivity index (χ2n) is 5.28. The molecular weight excluding hydrogens is 262 g/mol. The molecule has 2 heterocycles. The average molecular weight is 285 g/mol. The average Bonchev–Trinajstić information content (AvgIpc) is 2.90. The van der Waals surface area contributed by atoms with Crippen LogP contribution in [0, 0.1) is 0 Å². The first-order valence-electron chi connectivity index (χ1n) is 6.96. The highest BCUT2D eigenvalue weighted by atomic mass is 32.2. The van der Waals surface area contributed by atoms with E-state index in [-0.39, 0.29) is 0 Å². The molecular formula is C13H23N3O2S. The fourth-order valence-electron chi connectivity index (χ4n) is 2.03. The summed E-state index contributed by atoms with van der Waals surface area (Å²) in [6, 6.07) is 0. The quantitative estimate of drug-likeness (QED) is 0.810. The van der Waals surface area contributed by atoms with Gasteiger partial charge in [-0.1, -0.05) is 18.5 Å². The number of aromatic nitrogens is 2. The van der Waals surface area contributed by atoms with Crippen LogP contribution in [0.3, 0.4) is 0 Å². The molecule has 1 aliphatic heterocycles. The van der Waals surface area contributed by atoms with Gasteiger partial charge >= 0.3 is 0 Å². The monoisotopic (exact) mass is 285 g/mol. The van der Waals surface area contributed by atoms with Gasteiger partial charge in [0.05, 0.1) is 11.9 Å². The number of hydrogen-bond donors (Lipinski definition) is 1. The molecule has 0 bridgehead atoms. The van der Waals surface area contributed by atoms with Crippen molar-refractivity contribution >= 4 is 11.8 Å². The summed E-state index contributed by atoms with van der Waals surface area (Å²) in [5.41, 5.74) is 5.52. The lowest BCUT2D eigenvalue weighted by Gasteiger charge is -2.20. The summed E-state index contributed by atoms with van der Waals surface area (Å²) in [5, 5.41) is 4.37. The van der Waals surface area contributed by atoms with Crippen molar-refractivity contribution in [2.45, 2.75) is 50.3 Å². The van der Waals surface area contributed by atoms with Gasteiger partial charge < -0.3 is 15.0 Å². The second-order valence-corrected chi connectivity index (χ2v) is 6.59. The normalized spacial score (nSPS) is 23.2. The molecule has 0 radical (unpaired) electrons. The van der Waals surface area contributed by atoms with Crippen LogP contribution in [0.1, 0.15) is 56.5 Å². The number of hydrogen-bond acceptors (Lipinski definition) is 6. The van der Waals surface area contributed by atoms with Crippen molar-refractivity contribution in [3.05, 3.63) is 11.7 Å². The lowest BCUT2D eigenvalue weighted by molar-refractivity contribution is 0.0867. The second kappa shape index (κ2) is 6.72. The van der Waals surface area contributed by atoms with Crippen LogP contribution in [0.4, 0.5) is 0 Å². The fourth-order valence-corrected chi connectivity index (χ4v) is 3.25. The van der Waals surface area contributed by atoms with Crippen molar-refractivity contribution in [3.8, 4) is 0 Å². The summed E-state index contributed by atoms with van der Waals surface area (Å²) in [4.78, 5) is 4.48. The first-order chi connectivity index (χ1) is 9.13. The van der Waals surface area contributed by atoms with E-state index in [0.29, 0.717) is 30.2 Å². The summed E-state index contributed by atoms with van der Waals surface area (Å²) >= 11 is 1.89. The van der Waals surface area contributed by atoms with Crippen molar-refractivity contribution in [1.29, 1.82) is 0 Å². The Labute approximate surface area is 118 Å². The van der Waals surface area contributed by atoms with E-state index in [1.54, 1.807) is 0 Å². The summed E-state index contributed by atoms with van der Waals surface area (Å²) in [5.74, 6) is 2.43. The molecule has 0 spiro atoms. The third-order valence-electron chi connectivity index (χ3n) is 3.16. The van der Waals surface area contributed by atoms with E-state index in [0.717, 1.165) is 12.8 Å². The van der Waals surface area contributed by atoms with Crippen LogP contribution in [-0.2, 0) is 10.3 Å². The molecule has 2 atom stereocenters. The van der Waals surface area contributed by atoms with Gasteiger partial charge in [0.25, 0.3) is 0 Å². The number of nitrogens with zero attached hydrogens (tertiary/aromatic N) is 2. The number of thioether (sulfide) groups is 1. The van der Waals surface area contributed by atoms with Crippen molar-refractivity contribution in [1.82, 2.24) is 10.1 Å². The maximum absolute atomic E-state index is 6.20. The van der Waals surface area contributed by atoms with Crippen molar-refractivity contribution in [2.24, 2.45) is 5.73 Å². The van der Waals surface area contributed by atoms with Gasteiger partial charge in [0.1, 0.15) is 5.54 Å². The van der Waals surface area contributed by atoms with E-state index in [4.69, 9.17) is 15.0 Å². The van der Waals surface area contributed by atoms with E-state index in [9.17, 15) is 0 Å². The third kappa shape index (κ3) is 3.94. The van der Waals surface area contributed by atoms with Crippen LogP contribution in [-0.4, -0.2) is 29.1 Å². The van der Waals surface area contributed by atoms with Gasteiger partial charge in [-0.15, -0.1) is 11.8 Å². The molecule has 0 aromatic carbocycles. The fraction of sp³-hybridized carbons (Fsp3) is 0.846. The van der Waals surface area contributed by atoms with Crippen LogP contribution >= 0.6 is 11.8 Å².